The number of fused-ring (bicyclic) bond motifs is 2. The minimum atomic E-state index is -0.452. The molecule has 1 saturated carbocycles. The summed E-state index contributed by atoms with van der Waals surface area (Å²) in [5.74, 6) is -0.244. The van der Waals surface area contributed by atoms with Gasteiger partial charge in [-0.15, -0.1) is 0 Å². The van der Waals surface area contributed by atoms with Gasteiger partial charge in [-0.3, -0.25) is 4.90 Å². The zero-order chi connectivity index (χ0) is 10.6. The molecule has 1 heterocycles. The molecule has 15 heavy (non-hydrogen) atoms. The van der Waals surface area contributed by atoms with E-state index in [1.54, 1.807) is 11.0 Å². The molecule has 1 aliphatic carbocycles. The van der Waals surface area contributed by atoms with Gasteiger partial charge in [0.2, 0.25) is 0 Å². The van der Waals surface area contributed by atoms with E-state index in [2.05, 4.69) is 0 Å². The number of primary amides is 1. The van der Waals surface area contributed by atoms with Gasteiger partial charge in [-0.2, -0.15) is 0 Å². The first-order valence-electron chi connectivity index (χ1n) is 4.99. The van der Waals surface area contributed by atoms with Crippen molar-refractivity contribution in [1.82, 2.24) is 0 Å². The Kier molecular flexibility index (Phi) is 1.45. The minimum absolute atomic E-state index is 0.00641. The topological polar surface area (TPSA) is 46.3 Å². The largest absolute Gasteiger partial charge is 0.351 e. The number of rotatable bonds is 0. The van der Waals surface area contributed by atoms with E-state index >= 15 is 0 Å². The molecule has 0 atom stereocenters. The van der Waals surface area contributed by atoms with Gasteiger partial charge in [-0.1, -0.05) is 0 Å². The summed E-state index contributed by atoms with van der Waals surface area (Å²) < 4.78 is 13.1. The number of nitrogens with zero attached hydrogens (tertiary/aromatic N) is 1. The van der Waals surface area contributed by atoms with Crippen LogP contribution in [0.3, 0.4) is 0 Å². The Morgan fingerprint density at radius 3 is 2.80 bits per heavy atom. The van der Waals surface area contributed by atoms with E-state index in [-0.39, 0.29) is 11.2 Å². The predicted octanol–water partition coefficient (Wildman–Crippen LogP) is 1.76. The highest BCUT2D eigenvalue weighted by atomic mass is 19.1. The number of amides is 2. The lowest BCUT2D eigenvalue weighted by Gasteiger charge is -2.13. The fraction of sp³-hybridized carbons (Fsp3) is 0.364. The lowest BCUT2D eigenvalue weighted by molar-refractivity contribution is 0.254. The highest BCUT2D eigenvalue weighted by molar-refractivity contribution is 5.94. The Balaban J connectivity index is 2.15. The van der Waals surface area contributed by atoms with Crippen LogP contribution < -0.4 is 10.6 Å². The van der Waals surface area contributed by atoms with Crippen molar-refractivity contribution >= 4 is 11.7 Å². The first kappa shape index (κ1) is 8.71. The second-order valence-electron chi connectivity index (χ2n) is 4.37. The van der Waals surface area contributed by atoms with Crippen LogP contribution >= 0.6 is 0 Å². The molecule has 1 aliphatic heterocycles. The summed E-state index contributed by atoms with van der Waals surface area (Å²) in [5.41, 5.74) is 7.02. The van der Waals surface area contributed by atoms with Gasteiger partial charge in [0.1, 0.15) is 5.82 Å². The van der Waals surface area contributed by atoms with E-state index in [9.17, 15) is 9.18 Å². The van der Waals surface area contributed by atoms with Crippen LogP contribution in [0.15, 0.2) is 18.2 Å². The van der Waals surface area contributed by atoms with Crippen molar-refractivity contribution < 1.29 is 9.18 Å². The lowest BCUT2D eigenvalue weighted by Crippen LogP contribution is -2.35. The molecule has 2 amide bonds. The van der Waals surface area contributed by atoms with Crippen molar-refractivity contribution in [2.75, 3.05) is 11.4 Å². The molecule has 0 bridgehead atoms. The summed E-state index contributed by atoms with van der Waals surface area (Å²) in [5, 5.41) is 0. The Bertz CT molecular complexity index is 454. The van der Waals surface area contributed by atoms with Crippen molar-refractivity contribution in [1.29, 1.82) is 0 Å². The predicted molar refractivity (Wildman–Crippen MR) is 54.2 cm³/mol. The molecular formula is C11H11FN2O. The Morgan fingerprint density at radius 1 is 1.47 bits per heavy atom. The van der Waals surface area contributed by atoms with E-state index in [0.29, 0.717) is 6.54 Å². The SMILES string of the molecule is NC(=O)N1CC2(CC2)c2cc(F)ccc21. The average molecular weight is 206 g/mol. The number of carbonyl (C=O) groups is 1. The zero-order valence-corrected chi connectivity index (χ0v) is 8.16. The Labute approximate surface area is 86.7 Å². The van der Waals surface area contributed by atoms with Crippen LogP contribution in [0.1, 0.15) is 18.4 Å². The van der Waals surface area contributed by atoms with Crippen LogP contribution in [0, 0.1) is 5.82 Å². The fourth-order valence-electron chi connectivity index (χ4n) is 2.42. The first-order valence-corrected chi connectivity index (χ1v) is 4.99. The van der Waals surface area contributed by atoms with Crippen LogP contribution in [0.2, 0.25) is 0 Å². The molecular weight excluding hydrogens is 195 g/mol. The molecule has 1 spiro atoms. The third kappa shape index (κ3) is 1.07. The number of hydrogen-bond acceptors (Lipinski definition) is 1. The Morgan fingerprint density at radius 2 is 2.20 bits per heavy atom. The van der Waals surface area contributed by atoms with Crippen molar-refractivity contribution in [3.63, 3.8) is 0 Å². The molecule has 78 valence electrons. The second kappa shape index (κ2) is 2.51. The maximum absolute atomic E-state index is 13.1. The molecule has 2 aliphatic rings. The number of nitrogens with two attached hydrogens (primary N) is 1. The molecule has 1 fully saturated rings. The Hall–Kier alpha value is -1.58. The first-order chi connectivity index (χ1) is 7.12. The quantitative estimate of drug-likeness (QED) is 0.690. The lowest BCUT2D eigenvalue weighted by atomic mass is 9.99. The number of halogens is 1. The summed E-state index contributed by atoms with van der Waals surface area (Å²) in [4.78, 5) is 12.8. The summed E-state index contributed by atoms with van der Waals surface area (Å²) >= 11 is 0. The smallest absolute Gasteiger partial charge is 0.319 e. The monoisotopic (exact) mass is 206 g/mol. The van der Waals surface area contributed by atoms with Crippen molar-refractivity contribution in [3.8, 4) is 0 Å². The van der Waals surface area contributed by atoms with E-state index in [0.717, 1.165) is 24.1 Å². The third-order valence-corrected chi connectivity index (χ3v) is 3.40. The molecule has 0 saturated heterocycles. The minimum Gasteiger partial charge on any atom is -0.351 e. The fourth-order valence-corrected chi connectivity index (χ4v) is 2.42. The van der Waals surface area contributed by atoms with Crippen molar-refractivity contribution in [3.05, 3.63) is 29.6 Å². The number of anilines is 1. The normalized spacial score (nSPS) is 20.5. The maximum Gasteiger partial charge on any atom is 0.319 e. The number of urea groups is 1. The van der Waals surface area contributed by atoms with Crippen LogP contribution in [0.25, 0.3) is 0 Å². The van der Waals surface area contributed by atoms with E-state index < -0.39 is 6.03 Å². The van der Waals surface area contributed by atoms with Crippen LogP contribution in [0.5, 0.6) is 0 Å². The van der Waals surface area contributed by atoms with Crippen LogP contribution in [-0.2, 0) is 5.41 Å². The summed E-state index contributed by atoms with van der Waals surface area (Å²) in [7, 11) is 0. The van der Waals surface area contributed by atoms with Gasteiger partial charge in [-0.25, -0.2) is 9.18 Å². The number of hydrogen-bond donors (Lipinski definition) is 1. The number of benzene rings is 1. The van der Waals surface area contributed by atoms with Gasteiger partial charge in [0.05, 0.1) is 0 Å². The van der Waals surface area contributed by atoms with E-state index in [1.165, 1.54) is 12.1 Å². The van der Waals surface area contributed by atoms with Gasteiger partial charge in [-0.05, 0) is 36.6 Å². The van der Waals surface area contributed by atoms with Crippen molar-refractivity contribution in [2.24, 2.45) is 5.73 Å². The zero-order valence-electron chi connectivity index (χ0n) is 8.16. The number of carbonyl (C=O) groups excluding carboxylic acids is 1. The van der Waals surface area contributed by atoms with Gasteiger partial charge in [0.25, 0.3) is 0 Å². The third-order valence-electron chi connectivity index (χ3n) is 3.40. The van der Waals surface area contributed by atoms with Gasteiger partial charge < -0.3 is 5.73 Å². The molecule has 0 aromatic heterocycles. The highest BCUT2D eigenvalue weighted by Gasteiger charge is 2.52. The average Bonchev–Trinajstić information content (AvgIpc) is 2.87. The van der Waals surface area contributed by atoms with Crippen LogP contribution in [0.4, 0.5) is 14.9 Å². The van der Waals surface area contributed by atoms with Gasteiger partial charge in [0, 0.05) is 17.6 Å². The van der Waals surface area contributed by atoms with Crippen molar-refractivity contribution in [2.45, 2.75) is 18.3 Å². The maximum atomic E-state index is 13.1. The standard InChI is InChI=1S/C11H11FN2O/c12-7-1-2-9-8(5-7)11(3-4-11)6-14(9)10(13)15/h1-2,5H,3-4,6H2,(H2,13,15). The molecule has 2 N–H and O–H groups in total. The summed E-state index contributed by atoms with van der Waals surface area (Å²) in [6.07, 6.45) is 2.04. The highest BCUT2D eigenvalue weighted by Crippen LogP contribution is 2.56. The molecule has 4 heteroatoms. The van der Waals surface area contributed by atoms with Crippen LogP contribution in [-0.4, -0.2) is 12.6 Å². The summed E-state index contributed by atoms with van der Waals surface area (Å²) in [6.45, 7) is 0.612. The molecule has 0 unspecified atom stereocenters. The molecule has 1 aromatic carbocycles. The second-order valence-corrected chi connectivity index (χ2v) is 4.37. The molecule has 3 nitrogen and oxygen atoms in total. The summed E-state index contributed by atoms with van der Waals surface area (Å²) in [6, 6.07) is 4.09. The van der Waals surface area contributed by atoms with Gasteiger partial charge >= 0.3 is 6.03 Å². The van der Waals surface area contributed by atoms with E-state index in [1.807, 2.05) is 0 Å². The molecule has 0 radical (unpaired) electrons. The molecule has 3 rings (SSSR count). The van der Waals surface area contributed by atoms with E-state index in [4.69, 9.17) is 5.73 Å². The van der Waals surface area contributed by atoms with Gasteiger partial charge in [0.15, 0.2) is 0 Å². The molecule has 1 aromatic rings.